The molecule has 2 aromatic rings. The summed E-state index contributed by atoms with van der Waals surface area (Å²) in [4.78, 5) is 5.55. The third-order valence-corrected chi connectivity index (χ3v) is 4.17. The first kappa shape index (κ1) is 11.9. The molecule has 84 valence electrons. The zero-order valence-corrected chi connectivity index (χ0v) is 11.8. The molecule has 0 spiro atoms. The van der Waals surface area contributed by atoms with Crippen LogP contribution >= 0.6 is 39.2 Å². The van der Waals surface area contributed by atoms with E-state index < -0.39 is 0 Å². The van der Waals surface area contributed by atoms with Gasteiger partial charge in [-0.1, -0.05) is 15.9 Å². The molecule has 6 heteroatoms. The number of hydrogen-bond acceptors (Lipinski definition) is 5. The Labute approximate surface area is 111 Å². The van der Waals surface area contributed by atoms with E-state index in [0.29, 0.717) is 0 Å². The van der Waals surface area contributed by atoms with Gasteiger partial charge in [0, 0.05) is 27.9 Å². The van der Waals surface area contributed by atoms with Crippen LogP contribution in [0.1, 0.15) is 5.82 Å². The second kappa shape index (κ2) is 5.65. The predicted octanol–water partition coefficient (Wildman–Crippen LogP) is 3.63. The van der Waals surface area contributed by atoms with Gasteiger partial charge in [-0.25, -0.2) is 4.98 Å². The van der Waals surface area contributed by atoms with Gasteiger partial charge in [-0.2, -0.15) is 4.37 Å². The molecule has 0 amide bonds. The van der Waals surface area contributed by atoms with Crippen LogP contribution in [0.3, 0.4) is 0 Å². The van der Waals surface area contributed by atoms with E-state index in [1.807, 2.05) is 19.2 Å². The van der Waals surface area contributed by atoms with Crippen LogP contribution in [0.5, 0.6) is 0 Å². The minimum absolute atomic E-state index is 0.805. The normalized spacial score (nSPS) is 10.4. The maximum Gasteiger partial charge on any atom is 0.202 e. The quantitative estimate of drug-likeness (QED) is 0.874. The third-order valence-electron chi connectivity index (χ3n) is 1.86. The van der Waals surface area contributed by atoms with Crippen molar-refractivity contribution in [3.05, 3.63) is 34.6 Å². The monoisotopic (exact) mass is 315 g/mol. The molecule has 2 rings (SSSR count). The van der Waals surface area contributed by atoms with Gasteiger partial charge in [0.05, 0.1) is 5.75 Å². The predicted molar refractivity (Wildman–Crippen MR) is 73.2 cm³/mol. The topological polar surface area (TPSA) is 37.8 Å². The van der Waals surface area contributed by atoms with E-state index in [0.717, 1.165) is 21.2 Å². The fraction of sp³-hybridized carbons (Fsp3) is 0.200. The van der Waals surface area contributed by atoms with Gasteiger partial charge < -0.3 is 5.32 Å². The number of thioether (sulfide) groups is 1. The molecule has 0 atom stereocenters. The second-order valence-corrected chi connectivity index (χ2v) is 5.72. The smallest absolute Gasteiger partial charge is 0.202 e. The lowest BCUT2D eigenvalue weighted by Gasteiger charge is -1.98. The van der Waals surface area contributed by atoms with Crippen LogP contribution in [0, 0.1) is 0 Å². The number of halogens is 1. The summed E-state index contributed by atoms with van der Waals surface area (Å²) in [7, 11) is 1.85. The molecule has 1 heterocycles. The molecule has 0 saturated carbocycles. The summed E-state index contributed by atoms with van der Waals surface area (Å²) < 4.78 is 5.36. The molecule has 0 aliphatic carbocycles. The zero-order chi connectivity index (χ0) is 11.4. The maximum atomic E-state index is 4.33. The average molecular weight is 316 g/mol. The lowest BCUT2D eigenvalue weighted by molar-refractivity contribution is 1.13. The fourth-order valence-corrected chi connectivity index (χ4v) is 2.73. The van der Waals surface area contributed by atoms with E-state index in [2.05, 4.69) is 42.7 Å². The summed E-state index contributed by atoms with van der Waals surface area (Å²) in [5.41, 5.74) is 0. The van der Waals surface area contributed by atoms with Gasteiger partial charge in [-0.05, 0) is 24.3 Å². The van der Waals surface area contributed by atoms with Crippen LogP contribution in [0.4, 0.5) is 5.13 Å². The SMILES string of the molecule is CNc1nc(CSc2ccc(Br)cc2)ns1. The van der Waals surface area contributed by atoms with Gasteiger partial charge >= 0.3 is 0 Å². The zero-order valence-electron chi connectivity index (χ0n) is 8.61. The number of benzene rings is 1. The highest BCUT2D eigenvalue weighted by Crippen LogP contribution is 2.24. The van der Waals surface area contributed by atoms with Crippen LogP contribution in [0.15, 0.2) is 33.6 Å². The molecular formula is C10H10BrN3S2. The molecule has 0 aliphatic heterocycles. The minimum atomic E-state index is 0.805. The van der Waals surface area contributed by atoms with E-state index in [-0.39, 0.29) is 0 Å². The highest BCUT2D eigenvalue weighted by Gasteiger charge is 2.03. The average Bonchev–Trinajstić information content (AvgIpc) is 2.76. The van der Waals surface area contributed by atoms with E-state index in [4.69, 9.17) is 0 Å². The summed E-state index contributed by atoms with van der Waals surface area (Å²) in [6.07, 6.45) is 0. The van der Waals surface area contributed by atoms with E-state index in [9.17, 15) is 0 Å². The van der Waals surface area contributed by atoms with Crippen LogP contribution < -0.4 is 5.32 Å². The summed E-state index contributed by atoms with van der Waals surface area (Å²) >= 11 is 6.55. The van der Waals surface area contributed by atoms with Crippen molar-refractivity contribution < 1.29 is 0 Å². The van der Waals surface area contributed by atoms with E-state index >= 15 is 0 Å². The Morgan fingerprint density at radius 1 is 1.38 bits per heavy atom. The second-order valence-electron chi connectivity index (χ2n) is 3.01. The first-order valence-corrected chi connectivity index (χ1v) is 7.22. The summed E-state index contributed by atoms with van der Waals surface area (Å²) in [6, 6.07) is 8.24. The summed E-state index contributed by atoms with van der Waals surface area (Å²) in [5, 5.41) is 3.85. The van der Waals surface area contributed by atoms with Crippen LogP contribution in [-0.2, 0) is 5.75 Å². The molecule has 0 radical (unpaired) electrons. The highest BCUT2D eigenvalue weighted by atomic mass is 79.9. The van der Waals surface area contributed by atoms with Crippen LogP contribution in [0.25, 0.3) is 0 Å². The molecule has 3 nitrogen and oxygen atoms in total. The highest BCUT2D eigenvalue weighted by molar-refractivity contribution is 9.10. The Bertz CT molecular complexity index is 455. The van der Waals surface area contributed by atoms with Crippen molar-refractivity contribution in [3.63, 3.8) is 0 Å². The number of aromatic nitrogens is 2. The lowest BCUT2D eigenvalue weighted by Crippen LogP contribution is -1.88. The molecule has 1 aromatic carbocycles. The Hall–Kier alpha value is -0.590. The van der Waals surface area contributed by atoms with Crippen molar-refractivity contribution in [2.75, 3.05) is 12.4 Å². The molecule has 0 saturated heterocycles. The fourth-order valence-electron chi connectivity index (χ4n) is 1.09. The van der Waals surface area contributed by atoms with Gasteiger partial charge in [-0.15, -0.1) is 11.8 Å². The van der Waals surface area contributed by atoms with Gasteiger partial charge in [0.2, 0.25) is 5.13 Å². The Morgan fingerprint density at radius 3 is 2.75 bits per heavy atom. The lowest BCUT2D eigenvalue weighted by atomic mass is 10.4. The Kier molecular flexibility index (Phi) is 4.20. The number of nitrogens with one attached hydrogen (secondary N) is 1. The van der Waals surface area contributed by atoms with Crippen LogP contribution in [-0.4, -0.2) is 16.4 Å². The van der Waals surface area contributed by atoms with Crippen molar-refractivity contribution in [1.29, 1.82) is 0 Å². The maximum absolute atomic E-state index is 4.33. The number of anilines is 1. The molecule has 1 aromatic heterocycles. The number of rotatable bonds is 4. The number of hydrogen-bond donors (Lipinski definition) is 1. The van der Waals surface area contributed by atoms with Crippen molar-refractivity contribution in [2.45, 2.75) is 10.6 Å². The van der Waals surface area contributed by atoms with Gasteiger partial charge in [0.25, 0.3) is 0 Å². The van der Waals surface area contributed by atoms with Crippen molar-refractivity contribution >= 4 is 44.4 Å². The van der Waals surface area contributed by atoms with E-state index in [1.165, 1.54) is 16.4 Å². The largest absolute Gasteiger partial charge is 0.363 e. The summed E-state index contributed by atoms with van der Waals surface area (Å²) in [6.45, 7) is 0. The van der Waals surface area contributed by atoms with Crippen molar-refractivity contribution in [3.8, 4) is 0 Å². The number of nitrogens with zero attached hydrogens (tertiary/aromatic N) is 2. The molecule has 0 fully saturated rings. The van der Waals surface area contributed by atoms with Gasteiger partial charge in [0.1, 0.15) is 0 Å². The molecule has 16 heavy (non-hydrogen) atoms. The Balaban J connectivity index is 1.94. The molecule has 0 bridgehead atoms. The van der Waals surface area contributed by atoms with E-state index in [1.54, 1.807) is 11.8 Å². The first-order chi connectivity index (χ1) is 7.78. The van der Waals surface area contributed by atoms with Gasteiger partial charge in [0.15, 0.2) is 5.82 Å². The molecule has 0 aliphatic rings. The standard InChI is InChI=1S/C10H10BrN3S2/c1-12-10-13-9(14-16-10)6-15-8-4-2-7(11)3-5-8/h2-5H,6H2,1H3,(H,12,13,14). The summed E-state index contributed by atoms with van der Waals surface area (Å²) in [5.74, 6) is 1.68. The Morgan fingerprint density at radius 2 is 2.12 bits per heavy atom. The molecule has 0 unspecified atom stereocenters. The van der Waals surface area contributed by atoms with Gasteiger partial charge in [-0.3, -0.25) is 0 Å². The van der Waals surface area contributed by atoms with Crippen LogP contribution in [0.2, 0.25) is 0 Å². The van der Waals surface area contributed by atoms with Crippen molar-refractivity contribution in [1.82, 2.24) is 9.36 Å². The third kappa shape index (κ3) is 3.20. The minimum Gasteiger partial charge on any atom is -0.363 e. The van der Waals surface area contributed by atoms with Crippen molar-refractivity contribution in [2.24, 2.45) is 0 Å². The molecular weight excluding hydrogens is 306 g/mol. The molecule has 1 N–H and O–H groups in total. The first-order valence-electron chi connectivity index (χ1n) is 4.66.